The number of rotatable bonds is 6. The van der Waals surface area contributed by atoms with E-state index in [0.717, 1.165) is 0 Å². The fraction of sp³-hybridized carbons (Fsp3) is 0.345. The maximum Gasteiger partial charge on any atom is 0.225 e. The molecule has 1 amide bonds. The summed E-state index contributed by atoms with van der Waals surface area (Å²) in [4.78, 5) is 39.9. The van der Waals surface area contributed by atoms with Crippen LogP contribution in [0.2, 0.25) is 0 Å². The molecular formula is C29H33N3O7. The number of phenols is 1. The largest absolute Gasteiger partial charge is 0.507 e. The van der Waals surface area contributed by atoms with Crippen molar-refractivity contribution in [3.8, 4) is 17.6 Å². The fourth-order valence-electron chi connectivity index (χ4n) is 5.56. The molecule has 206 valence electrons. The van der Waals surface area contributed by atoms with Crippen molar-refractivity contribution in [3.63, 3.8) is 0 Å². The summed E-state index contributed by atoms with van der Waals surface area (Å²) >= 11 is 0. The molecule has 0 heterocycles. The second-order valence-corrected chi connectivity index (χ2v) is 10.2. The van der Waals surface area contributed by atoms with E-state index in [9.17, 15) is 34.8 Å². The highest BCUT2D eigenvalue weighted by molar-refractivity contribution is 6.23. The molecule has 0 spiro atoms. The number of carbonyl (C=O) groups is 3. The molecule has 10 heteroatoms. The van der Waals surface area contributed by atoms with Gasteiger partial charge in [-0.1, -0.05) is 11.8 Å². The second kappa shape index (κ2) is 10.4. The number of carbonyl (C=O) groups excluding carboxylic acids is 3. The molecule has 1 saturated carbocycles. The number of Topliss-reactive ketones (excluding diaryl/α,β-unsaturated/α-hetero) is 2. The molecule has 39 heavy (non-hydrogen) atoms. The van der Waals surface area contributed by atoms with E-state index < -0.39 is 53.7 Å². The van der Waals surface area contributed by atoms with E-state index in [0.29, 0.717) is 22.5 Å². The van der Waals surface area contributed by atoms with E-state index in [1.165, 1.54) is 0 Å². The average Bonchev–Trinajstić information content (AvgIpc) is 2.87. The highest BCUT2D eigenvalue weighted by Gasteiger charge is 2.57. The van der Waals surface area contributed by atoms with Gasteiger partial charge in [-0.05, 0) is 61.1 Å². The summed E-state index contributed by atoms with van der Waals surface area (Å²) in [6.07, 6.45) is -0.649. The number of amides is 1. The lowest BCUT2D eigenvalue weighted by Crippen LogP contribution is -2.59. The highest BCUT2D eigenvalue weighted by atomic mass is 16.3. The SMILES string of the molecule is CN(C)c1cc(C#Cc2ccc(N)cc2)c(O)c2c1CC1C[C@@H](CCO)[C@@](O)(C(=O)CC(N)=O)C(=O)C1=C2O.[HH]. The van der Waals surface area contributed by atoms with E-state index in [2.05, 4.69) is 11.8 Å². The number of nitrogens with two attached hydrogens (primary N) is 2. The molecule has 8 N–H and O–H groups in total. The van der Waals surface area contributed by atoms with Crippen molar-refractivity contribution >= 4 is 34.6 Å². The molecule has 1 unspecified atom stereocenters. The molecule has 2 aliphatic carbocycles. The van der Waals surface area contributed by atoms with Crippen LogP contribution in [-0.2, 0) is 20.8 Å². The molecule has 10 nitrogen and oxygen atoms in total. The number of hydrogen-bond acceptors (Lipinski definition) is 9. The van der Waals surface area contributed by atoms with Crippen LogP contribution in [-0.4, -0.2) is 64.2 Å². The van der Waals surface area contributed by atoms with Crippen LogP contribution in [0, 0.1) is 23.7 Å². The molecule has 2 aromatic rings. The Labute approximate surface area is 227 Å². The van der Waals surface area contributed by atoms with Crippen LogP contribution in [0.5, 0.6) is 5.75 Å². The first-order valence-corrected chi connectivity index (χ1v) is 12.5. The van der Waals surface area contributed by atoms with Gasteiger partial charge in [0, 0.05) is 50.6 Å². The summed E-state index contributed by atoms with van der Waals surface area (Å²) in [6, 6.07) is 8.53. The minimum absolute atomic E-state index is 0. The normalized spacial score (nSPS) is 21.9. The van der Waals surface area contributed by atoms with Crippen LogP contribution in [0.15, 0.2) is 35.9 Å². The first kappa shape index (κ1) is 27.7. The molecule has 0 aliphatic heterocycles. The van der Waals surface area contributed by atoms with Crippen LogP contribution in [0.3, 0.4) is 0 Å². The lowest BCUT2D eigenvalue weighted by Gasteiger charge is -2.44. The number of primary amides is 1. The lowest BCUT2D eigenvalue weighted by molar-refractivity contribution is -0.159. The Morgan fingerprint density at radius 2 is 1.85 bits per heavy atom. The van der Waals surface area contributed by atoms with E-state index >= 15 is 0 Å². The van der Waals surface area contributed by atoms with Crippen molar-refractivity contribution in [2.24, 2.45) is 17.6 Å². The van der Waals surface area contributed by atoms with Crippen molar-refractivity contribution in [3.05, 3.63) is 58.2 Å². The summed E-state index contributed by atoms with van der Waals surface area (Å²) < 4.78 is 0. The number of ketones is 2. The van der Waals surface area contributed by atoms with Gasteiger partial charge in [0.2, 0.25) is 11.7 Å². The van der Waals surface area contributed by atoms with Crippen molar-refractivity contribution < 1.29 is 36.2 Å². The van der Waals surface area contributed by atoms with Gasteiger partial charge in [-0.2, -0.15) is 0 Å². The first-order chi connectivity index (χ1) is 18.4. The van der Waals surface area contributed by atoms with Gasteiger partial charge in [-0.15, -0.1) is 0 Å². The fourth-order valence-corrected chi connectivity index (χ4v) is 5.56. The van der Waals surface area contributed by atoms with Crippen molar-refractivity contribution in [1.82, 2.24) is 0 Å². The third-order valence-corrected chi connectivity index (χ3v) is 7.46. The molecule has 0 saturated heterocycles. The number of benzene rings is 2. The highest BCUT2D eigenvalue weighted by Crippen LogP contribution is 2.51. The molecule has 2 aromatic carbocycles. The summed E-state index contributed by atoms with van der Waals surface area (Å²) in [5.41, 5.74) is 10.7. The van der Waals surface area contributed by atoms with Gasteiger partial charge in [-0.25, -0.2) is 0 Å². The van der Waals surface area contributed by atoms with Crippen LogP contribution in [0.25, 0.3) is 5.76 Å². The number of hydrogen-bond donors (Lipinski definition) is 6. The third-order valence-electron chi connectivity index (χ3n) is 7.46. The van der Waals surface area contributed by atoms with Crippen molar-refractivity contribution in [1.29, 1.82) is 0 Å². The maximum absolute atomic E-state index is 13.7. The predicted octanol–water partition coefficient (Wildman–Crippen LogP) is 1.27. The van der Waals surface area contributed by atoms with Gasteiger partial charge in [0.15, 0.2) is 11.4 Å². The van der Waals surface area contributed by atoms with E-state index in [1.54, 1.807) is 49.3 Å². The Morgan fingerprint density at radius 1 is 1.18 bits per heavy atom. The number of aliphatic hydroxyl groups is 3. The summed E-state index contributed by atoms with van der Waals surface area (Å²) in [5, 5.41) is 43.6. The molecule has 0 radical (unpaired) electrons. The average molecular weight is 536 g/mol. The zero-order chi connectivity index (χ0) is 28.6. The minimum atomic E-state index is -2.65. The number of aromatic hydroxyl groups is 1. The molecule has 3 atom stereocenters. The van der Waals surface area contributed by atoms with Crippen LogP contribution < -0.4 is 16.4 Å². The number of phenolic OH excluding ortho intramolecular Hbond substituents is 1. The van der Waals surface area contributed by atoms with E-state index in [1.807, 2.05) is 0 Å². The first-order valence-electron chi connectivity index (χ1n) is 12.5. The second-order valence-electron chi connectivity index (χ2n) is 10.2. The number of nitrogens with zero attached hydrogens (tertiary/aromatic N) is 1. The lowest BCUT2D eigenvalue weighted by atomic mass is 9.61. The Balaban J connectivity index is 0.00000441. The monoisotopic (exact) mass is 535 g/mol. The number of nitrogen functional groups attached to an aromatic ring is 1. The van der Waals surface area contributed by atoms with Crippen molar-refractivity contribution in [2.75, 3.05) is 31.3 Å². The molecule has 1 fully saturated rings. The third kappa shape index (κ3) is 4.82. The summed E-state index contributed by atoms with van der Waals surface area (Å²) in [7, 11) is 3.59. The van der Waals surface area contributed by atoms with Gasteiger partial charge in [0.05, 0.1) is 17.5 Å². The molecule has 0 bridgehead atoms. The number of anilines is 2. The summed E-state index contributed by atoms with van der Waals surface area (Å²) in [6.45, 7) is -0.405. The van der Waals surface area contributed by atoms with Gasteiger partial charge in [0.1, 0.15) is 11.5 Å². The van der Waals surface area contributed by atoms with Crippen LogP contribution >= 0.6 is 0 Å². The smallest absolute Gasteiger partial charge is 0.225 e. The quantitative estimate of drug-likeness (QED) is 0.180. The Kier molecular flexibility index (Phi) is 7.41. The Morgan fingerprint density at radius 3 is 2.44 bits per heavy atom. The zero-order valence-corrected chi connectivity index (χ0v) is 21.7. The Bertz CT molecular complexity index is 1460. The van der Waals surface area contributed by atoms with Crippen molar-refractivity contribution in [2.45, 2.75) is 31.3 Å². The maximum atomic E-state index is 13.7. The van der Waals surface area contributed by atoms with E-state index in [4.69, 9.17) is 11.5 Å². The Hall–Kier alpha value is -4.33. The standard InChI is InChI=1S/C29H31N3O7.H2/c1-32(2)21-13-16(6-3-15-4-7-19(30)8-5-15)26(36)25-20(21)12-17-11-18(9-10-33)29(39,22(34)14-23(31)35)28(38)24(17)27(25)37;/h4-5,7-8,13,17-18,33,36-37,39H,9-12,14,30H2,1-2H3,(H2,31,35);1H/t17?,18-,29-;/m1./s1. The topological polar surface area (TPSA) is 187 Å². The molecule has 0 aromatic heterocycles. The van der Waals surface area contributed by atoms with Gasteiger partial charge >= 0.3 is 0 Å². The summed E-state index contributed by atoms with van der Waals surface area (Å²) in [5.74, 6) is 0.181. The van der Waals surface area contributed by atoms with E-state index in [-0.39, 0.29) is 43.1 Å². The minimum Gasteiger partial charge on any atom is -0.507 e. The van der Waals surface area contributed by atoms with Crippen LogP contribution in [0.1, 0.15) is 42.9 Å². The number of aliphatic hydroxyl groups excluding tert-OH is 2. The van der Waals surface area contributed by atoms with Gasteiger partial charge in [-0.3, -0.25) is 14.4 Å². The van der Waals surface area contributed by atoms with Gasteiger partial charge < -0.3 is 36.8 Å². The van der Waals surface area contributed by atoms with Gasteiger partial charge in [0.25, 0.3) is 0 Å². The molecule has 4 rings (SSSR count). The zero-order valence-electron chi connectivity index (χ0n) is 21.7. The predicted molar refractivity (Wildman–Crippen MR) is 147 cm³/mol. The molecular weight excluding hydrogens is 502 g/mol. The van der Waals surface area contributed by atoms with Crippen LogP contribution in [0.4, 0.5) is 11.4 Å². The molecule has 2 aliphatic rings. The number of fused-ring (bicyclic) bond motifs is 2.